The van der Waals surface area contributed by atoms with Crippen LogP contribution in [0.15, 0.2) is 0 Å². The van der Waals surface area contributed by atoms with Crippen LogP contribution in [0, 0.1) is 0 Å². The zero-order valence-corrected chi connectivity index (χ0v) is 7.08. The van der Waals surface area contributed by atoms with Crippen molar-refractivity contribution in [2.24, 2.45) is 0 Å². The number of hydrogen-bond donors (Lipinski definition) is 3. The minimum Gasteiger partial charge on any atom is -0.393 e. The maximum Gasteiger partial charge on any atom is 0.317 e. The van der Waals surface area contributed by atoms with Crippen molar-refractivity contribution in [2.45, 2.75) is 12.5 Å². The third-order valence-corrected chi connectivity index (χ3v) is 1.82. The molecule has 1 fully saturated rings. The van der Waals surface area contributed by atoms with Crippen molar-refractivity contribution in [3.63, 3.8) is 0 Å². The van der Waals surface area contributed by atoms with Crippen molar-refractivity contribution in [1.29, 1.82) is 0 Å². The Morgan fingerprint density at radius 1 is 1.75 bits per heavy atom. The quantitative estimate of drug-likeness (QED) is 0.501. The Morgan fingerprint density at radius 2 is 2.42 bits per heavy atom. The number of carbonyl (C=O) groups is 1. The minimum absolute atomic E-state index is 0.176. The van der Waals surface area contributed by atoms with Gasteiger partial charge >= 0.3 is 6.03 Å². The Kier molecular flexibility index (Phi) is 2.54. The van der Waals surface area contributed by atoms with Crippen LogP contribution in [-0.2, 0) is 0 Å². The van der Waals surface area contributed by atoms with Crippen LogP contribution in [0.2, 0.25) is 0 Å². The summed E-state index contributed by atoms with van der Waals surface area (Å²) in [6, 6.07) is -0.177. The molecule has 1 unspecified atom stereocenters. The molecule has 0 aromatic rings. The number of β-amino-alcohol motifs (C(OH)–C–C–N with tert-alkyl or cyclic N) is 1. The number of hydrogen-bond acceptors (Lipinski definition) is 3. The number of nitrogens with one attached hydrogen (secondary N) is 1. The molecule has 0 spiro atoms. The molecule has 1 saturated heterocycles. The number of nitrogens with zero attached hydrogens (tertiary/aromatic N) is 1. The lowest BCUT2D eigenvalue weighted by molar-refractivity contribution is -0.0145. The van der Waals surface area contributed by atoms with Gasteiger partial charge in [0.1, 0.15) is 5.60 Å². The van der Waals surface area contributed by atoms with E-state index < -0.39 is 5.60 Å². The fraction of sp³-hybridized carbons (Fsp3) is 0.857. The fourth-order valence-electron chi connectivity index (χ4n) is 1.12. The lowest BCUT2D eigenvalue weighted by Crippen LogP contribution is -2.44. The van der Waals surface area contributed by atoms with E-state index in [0.717, 1.165) is 0 Å². The molecule has 1 aliphatic rings. The van der Waals surface area contributed by atoms with Crippen LogP contribution in [0.4, 0.5) is 4.79 Å². The van der Waals surface area contributed by atoms with E-state index in [2.05, 4.69) is 5.32 Å². The van der Waals surface area contributed by atoms with Gasteiger partial charge in [0.05, 0.1) is 13.2 Å². The number of carbonyl (C=O) groups excluding carboxylic acids is 1. The maximum atomic E-state index is 11.0. The second-order valence-corrected chi connectivity index (χ2v) is 3.31. The van der Waals surface area contributed by atoms with Gasteiger partial charge in [-0.1, -0.05) is 0 Å². The van der Waals surface area contributed by atoms with Crippen molar-refractivity contribution >= 4 is 6.03 Å². The Morgan fingerprint density at radius 3 is 2.83 bits per heavy atom. The molecule has 1 aliphatic heterocycles. The zero-order chi connectivity index (χ0) is 9.19. The number of aliphatic hydroxyl groups is 2. The molecule has 1 atom stereocenters. The average molecular weight is 174 g/mol. The molecule has 0 bridgehead atoms. The number of aliphatic hydroxyl groups excluding tert-OH is 1. The van der Waals surface area contributed by atoms with Crippen LogP contribution in [-0.4, -0.2) is 53.0 Å². The molecular weight excluding hydrogens is 160 g/mol. The van der Waals surface area contributed by atoms with Crippen LogP contribution >= 0.6 is 0 Å². The van der Waals surface area contributed by atoms with Gasteiger partial charge in [0.15, 0.2) is 0 Å². The number of amides is 2. The topological polar surface area (TPSA) is 72.8 Å². The van der Waals surface area contributed by atoms with Crippen LogP contribution < -0.4 is 5.32 Å². The number of urea groups is 1. The minimum atomic E-state index is -1.19. The Labute approximate surface area is 71.0 Å². The van der Waals surface area contributed by atoms with Crippen molar-refractivity contribution in [1.82, 2.24) is 10.2 Å². The monoisotopic (exact) mass is 174 g/mol. The summed E-state index contributed by atoms with van der Waals surface area (Å²) < 4.78 is 0. The smallest absolute Gasteiger partial charge is 0.317 e. The molecule has 0 saturated carbocycles. The molecule has 2 amide bonds. The van der Waals surface area contributed by atoms with Gasteiger partial charge < -0.3 is 20.4 Å². The molecule has 0 aromatic heterocycles. The first-order valence-corrected chi connectivity index (χ1v) is 3.91. The Bertz CT molecular complexity index is 181. The van der Waals surface area contributed by atoms with E-state index in [4.69, 9.17) is 5.11 Å². The standard InChI is InChI=1S/C7H14N2O3/c1-7(12,5-10)4-9-3-2-8-6(9)11/h10,12H,2-5H2,1H3,(H,8,11). The van der Waals surface area contributed by atoms with Gasteiger partial charge in [-0.15, -0.1) is 0 Å². The fourth-order valence-corrected chi connectivity index (χ4v) is 1.12. The molecule has 5 heteroatoms. The summed E-state index contributed by atoms with van der Waals surface area (Å²) in [5, 5.41) is 20.8. The first-order chi connectivity index (χ1) is 5.55. The van der Waals surface area contributed by atoms with Gasteiger partial charge in [-0.2, -0.15) is 0 Å². The SMILES string of the molecule is CC(O)(CO)CN1CCNC1=O. The van der Waals surface area contributed by atoms with Gasteiger partial charge in [0.25, 0.3) is 0 Å². The first-order valence-electron chi connectivity index (χ1n) is 3.91. The van der Waals surface area contributed by atoms with Crippen LogP contribution in [0.1, 0.15) is 6.92 Å². The van der Waals surface area contributed by atoms with Gasteiger partial charge in [-0.05, 0) is 6.92 Å². The molecular formula is C7H14N2O3. The zero-order valence-electron chi connectivity index (χ0n) is 7.08. The van der Waals surface area contributed by atoms with E-state index in [1.807, 2.05) is 0 Å². The molecule has 0 radical (unpaired) electrons. The lowest BCUT2D eigenvalue weighted by atomic mass is 10.1. The van der Waals surface area contributed by atoms with Crippen molar-refractivity contribution in [3.05, 3.63) is 0 Å². The second-order valence-electron chi connectivity index (χ2n) is 3.31. The Hall–Kier alpha value is -0.810. The van der Waals surface area contributed by atoms with Gasteiger partial charge in [-0.3, -0.25) is 0 Å². The average Bonchev–Trinajstić information content (AvgIpc) is 2.36. The van der Waals surface area contributed by atoms with E-state index in [0.29, 0.717) is 13.1 Å². The highest BCUT2D eigenvalue weighted by Crippen LogP contribution is 2.07. The third-order valence-electron chi connectivity index (χ3n) is 1.82. The first kappa shape index (κ1) is 9.28. The van der Waals surface area contributed by atoms with Gasteiger partial charge in [-0.25, -0.2) is 4.79 Å². The summed E-state index contributed by atoms with van der Waals surface area (Å²) in [6.07, 6.45) is 0. The van der Waals surface area contributed by atoms with E-state index in [1.54, 1.807) is 0 Å². The van der Waals surface area contributed by atoms with E-state index in [1.165, 1.54) is 11.8 Å². The van der Waals surface area contributed by atoms with Crippen molar-refractivity contribution < 1.29 is 15.0 Å². The second kappa shape index (κ2) is 3.28. The Balaban J connectivity index is 2.45. The normalized spacial score (nSPS) is 22.2. The van der Waals surface area contributed by atoms with Gasteiger partial charge in [0, 0.05) is 13.1 Å². The highest BCUT2D eigenvalue weighted by Gasteiger charge is 2.28. The number of rotatable bonds is 3. The maximum absolute atomic E-state index is 11.0. The highest BCUT2D eigenvalue weighted by atomic mass is 16.3. The predicted octanol–water partition coefficient (Wildman–Crippen LogP) is -1.25. The van der Waals surface area contributed by atoms with Crippen molar-refractivity contribution in [3.8, 4) is 0 Å². The van der Waals surface area contributed by atoms with Crippen molar-refractivity contribution in [2.75, 3.05) is 26.2 Å². The summed E-state index contributed by atoms with van der Waals surface area (Å²) >= 11 is 0. The van der Waals surface area contributed by atoms with Crippen LogP contribution in [0.5, 0.6) is 0 Å². The molecule has 1 heterocycles. The van der Waals surface area contributed by atoms with E-state index in [-0.39, 0.29) is 19.2 Å². The molecule has 3 N–H and O–H groups in total. The summed E-state index contributed by atoms with van der Waals surface area (Å²) in [4.78, 5) is 12.5. The molecule has 12 heavy (non-hydrogen) atoms. The summed E-state index contributed by atoms with van der Waals surface area (Å²) in [5.74, 6) is 0. The molecule has 1 rings (SSSR count). The predicted molar refractivity (Wildman–Crippen MR) is 42.7 cm³/mol. The third kappa shape index (κ3) is 2.09. The largest absolute Gasteiger partial charge is 0.393 e. The summed E-state index contributed by atoms with van der Waals surface area (Å²) in [6.45, 7) is 2.54. The lowest BCUT2D eigenvalue weighted by Gasteiger charge is -2.25. The van der Waals surface area contributed by atoms with E-state index >= 15 is 0 Å². The molecule has 70 valence electrons. The van der Waals surface area contributed by atoms with Crippen LogP contribution in [0.3, 0.4) is 0 Å². The van der Waals surface area contributed by atoms with Gasteiger partial charge in [0.2, 0.25) is 0 Å². The molecule has 0 aliphatic carbocycles. The van der Waals surface area contributed by atoms with Crippen LogP contribution in [0.25, 0.3) is 0 Å². The van der Waals surface area contributed by atoms with E-state index in [9.17, 15) is 9.90 Å². The summed E-state index contributed by atoms with van der Waals surface area (Å²) in [5.41, 5.74) is -1.19. The highest BCUT2D eigenvalue weighted by molar-refractivity contribution is 5.76. The summed E-state index contributed by atoms with van der Waals surface area (Å²) in [7, 11) is 0. The molecule has 0 aromatic carbocycles. The molecule has 5 nitrogen and oxygen atoms in total.